The van der Waals surface area contributed by atoms with Crippen molar-refractivity contribution in [3.05, 3.63) is 68.3 Å². The highest BCUT2D eigenvalue weighted by Gasteiger charge is 2.13. The van der Waals surface area contributed by atoms with Crippen molar-refractivity contribution in [2.45, 2.75) is 103 Å². The summed E-state index contributed by atoms with van der Waals surface area (Å²) in [6.45, 7) is 3.14. The first-order valence-corrected chi connectivity index (χ1v) is 14.8. The average Bonchev–Trinajstić information content (AvgIpc) is 2.98. The molecule has 1 atom stereocenters. The zero-order valence-corrected chi connectivity index (χ0v) is 24.9. The van der Waals surface area contributed by atoms with Crippen molar-refractivity contribution in [2.75, 3.05) is 26.4 Å². The number of nitrogens with zero attached hydrogens (tertiary/aromatic N) is 2. The van der Waals surface area contributed by atoms with Crippen LogP contribution in [0.15, 0.2) is 42.5 Å². The van der Waals surface area contributed by atoms with E-state index in [4.69, 9.17) is 4.74 Å². The second kappa shape index (κ2) is 28.3. The minimum atomic E-state index is -1.04. The summed E-state index contributed by atoms with van der Waals surface area (Å²) < 4.78 is 9.23. The van der Waals surface area contributed by atoms with Gasteiger partial charge in [0.2, 0.25) is 0 Å². The predicted molar refractivity (Wildman–Crippen MR) is 157 cm³/mol. The van der Waals surface area contributed by atoms with E-state index in [-0.39, 0.29) is 26.3 Å². The molecule has 1 saturated carbocycles. The van der Waals surface area contributed by atoms with Crippen LogP contribution in [-0.2, 0) is 30.4 Å². The van der Waals surface area contributed by atoms with Crippen molar-refractivity contribution in [3.8, 4) is 0 Å². The van der Waals surface area contributed by atoms with Gasteiger partial charge in [0.05, 0.1) is 6.61 Å². The third-order valence-electron chi connectivity index (χ3n) is 6.46. The van der Waals surface area contributed by atoms with Gasteiger partial charge in [-0.25, -0.2) is 0 Å². The third kappa shape index (κ3) is 26.8. The molecule has 1 fully saturated rings. The van der Waals surface area contributed by atoms with Crippen LogP contribution in [0.4, 0.5) is 0 Å². The van der Waals surface area contributed by atoms with Crippen LogP contribution in [0.3, 0.4) is 0 Å². The number of carbonyl (C=O) groups excluding carboxylic acids is 1. The monoisotopic (exact) mass is 582 g/mol. The molecule has 0 radical (unpaired) electrons. The van der Waals surface area contributed by atoms with E-state index >= 15 is 0 Å². The van der Waals surface area contributed by atoms with E-state index in [2.05, 4.69) is 70.7 Å². The maximum absolute atomic E-state index is 9.90. The standard InChI is InChI=1S/C17H26.C7H14.C6H10N2O9/c1-4-10-16(11-5-1)14-8-3-9-15-17-12-6-2-7-13-17;1-3-5-7-6-4-2;9-5-14-3-6(4-17-8(12)13)15-1-2-16-7(10)11/h1,4-5,10-11,17H,2-3,6-9,12-15H2;3,5H,4,6-7H2,1-2H3;5-6H,1-4H2/b;5-3-;. The van der Waals surface area contributed by atoms with Crippen LogP contribution in [0, 0.1) is 26.1 Å². The Bertz CT molecular complexity index is 787. The Balaban J connectivity index is 0.000000637. The molecule has 1 aromatic carbocycles. The lowest BCUT2D eigenvalue weighted by Crippen LogP contribution is -2.28. The molecular weight excluding hydrogens is 532 g/mol. The maximum atomic E-state index is 9.90. The molecule has 11 heteroatoms. The van der Waals surface area contributed by atoms with Gasteiger partial charge in [-0.2, -0.15) is 0 Å². The van der Waals surface area contributed by atoms with Crippen LogP contribution in [0.2, 0.25) is 0 Å². The number of benzene rings is 1. The van der Waals surface area contributed by atoms with Crippen LogP contribution in [-0.4, -0.2) is 49.2 Å². The quantitative estimate of drug-likeness (QED) is 0.0518. The number of carbonyl (C=O) groups is 1. The van der Waals surface area contributed by atoms with Gasteiger partial charge in [-0.05, 0) is 37.7 Å². The fourth-order valence-corrected chi connectivity index (χ4v) is 4.31. The highest BCUT2D eigenvalue weighted by molar-refractivity contribution is 5.36. The molecule has 1 aromatic rings. The zero-order chi connectivity index (χ0) is 30.4. The van der Waals surface area contributed by atoms with Crippen molar-refractivity contribution >= 4 is 6.47 Å². The van der Waals surface area contributed by atoms with Gasteiger partial charge in [-0.1, -0.05) is 114 Å². The van der Waals surface area contributed by atoms with Crippen molar-refractivity contribution in [3.63, 3.8) is 0 Å². The summed E-state index contributed by atoms with van der Waals surface area (Å²) in [5, 5.41) is 17.6. The molecule has 0 aromatic heterocycles. The normalized spacial score (nSPS) is 13.6. The molecule has 0 aliphatic heterocycles. The number of allylic oxidation sites excluding steroid dienone is 2. The zero-order valence-electron chi connectivity index (χ0n) is 24.9. The predicted octanol–water partition coefficient (Wildman–Crippen LogP) is 7.08. The Kier molecular flexibility index (Phi) is 26.1. The Hall–Kier alpha value is -3.21. The largest absolute Gasteiger partial charge is 0.465 e. The molecule has 0 spiro atoms. The van der Waals surface area contributed by atoms with Gasteiger partial charge in [-0.3, -0.25) is 4.79 Å². The number of aryl methyl sites for hydroxylation is 1. The molecule has 0 saturated heterocycles. The summed E-state index contributed by atoms with van der Waals surface area (Å²) in [4.78, 5) is 37.5. The highest BCUT2D eigenvalue weighted by atomic mass is 17.0. The van der Waals surface area contributed by atoms with Gasteiger partial charge in [-0.15, -0.1) is 20.2 Å². The van der Waals surface area contributed by atoms with Crippen LogP contribution >= 0.6 is 0 Å². The topological polar surface area (TPSA) is 140 Å². The van der Waals surface area contributed by atoms with E-state index < -0.39 is 22.9 Å². The number of unbranched alkanes of at least 4 members (excludes halogenated alkanes) is 4. The molecule has 234 valence electrons. The minimum absolute atomic E-state index is 0.135. The van der Waals surface area contributed by atoms with Gasteiger partial charge in [0, 0.05) is 0 Å². The van der Waals surface area contributed by atoms with Crippen LogP contribution in [0.1, 0.15) is 96.5 Å². The highest BCUT2D eigenvalue weighted by Crippen LogP contribution is 2.28. The van der Waals surface area contributed by atoms with Crippen molar-refractivity contribution in [1.82, 2.24) is 0 Å². The van der Waals surface area contributed by atoms with Gasteiger partial charge in [0.25, 0.3) is 16.6 Å². The second-order valence-electron chi connectivity index (χ2n) is 9.80. The van der Waals surface area contributed by atoms with Crippen LogP contribution < -0.4 is 0 Å². The lowest BCUT2D eigenvalue weighted by atomic mass is 9.85. The first-order valence-electron chi connectivity index (χ1n) is 14.8. The van der Waals surface area contributed by atoms with E-state index in [0.717, 1.165) is 5.92 Å². The van der Waals surface area contributed by atoms with Crippen molar-refractivity contribution in [1.29, 1.82) is 0 Å². The first-order chi connectivity index (χ1) is 19.9. The molecule has 1 aliphatic rings. The average molecular weight is 583 g/mol. The lowest BCUT2D eigenvalue weighted by Gasteiger charge is -2.21. The molecule has 11 nitrogen and oxygen atoms in total. The van der Waals surface area contributed by atoms with Crippen LogP contribution in [0.25, 0.3) is 0 Å². The van der Waals surface area contributed by atoms with E-state index in [1.54, 1.807) is 0 Å². The molecule has 41 heavy (non-hydrogen) atoms. The summed E-state index contributed by atoms with van der Waals surface area (Å²) in [6.07, 6.45) is 21.8. The Labute approximate surface area is 244 Å². The SMILES string of the molecule is C/C=C\CCCC.O=COCC(CO[N+](=O)[O-])OCCO[N+](=O)[O-].c1ccc(CCCCCC2CCCCC2)cc1. The van der Waals surface area contributed by atoms with Crippen molar-refractivity contribution < 1.29 is 34.1 Å². The second-order valence-corrected chi connectivity index (χ2v) is 9.80. The van der Waals surface area contributed by atoms with Gasteiger partial charge < -0.3 is 19.1 Å². The van der Waals surface area contributed by atoms with Gasteiger partial charge in [0.15, 0.2) is 0 Å². The fraction of sp³-hybridized carbons (Fsp3) is 0.700. The van der Waals surface area contributed by atoms with Crippen LogP contribution in [0.5, 0.6) is 0 Å². The summed E-state index contributed by atoms with van der Waals surface area (Å²) >= 11 is 0. The maximum Gasteiger partial charge on any atom is 0.294 e. The smallest absolute Gasteiger partial charge is 0.294 e. The summed E-state index contributed by atoms with van der Waals surface area (Å²) in [5.41, 5.74) is 1.50. The summed E-state index contributed by atoms with van der Waals surface area (Å²) in [6, 6.07) is 10.9. The number of hydrogen-bond donors (Lipinski definition) is 0. The van der Waals surface area contributed by atoms with E-state index in [0.29, 0.717) is 0 Å². The van der Waals surface area contributed by atoms with E-state index in [9.17, 15) is 25.0 Å². The molecule has 1 unspecified atom stereocenters. The molecule has 0 amide bonds. The van der Waals surface area contributed by atoms with Gasteiger partial charge >= 0.3 is 0 Å². The molecule has 2 rings (SSSR count). The third-order valence-corrected chi connectivity index (χ3v) is 6.46. The molecule has 0 heterocycles. The first kappa shape index (κ1) is 37.8. The van der Waals surface area contributed by atoms with E-state index in [1.807, 2.05) is 0 Å². The van der Waals surface area contributed by atoms with E-state index in [1.165, 1.54) is 89.0 Å². The van der Waals surface area contributed by atoms with Crippen molar-refractivity contribution in [2.24, 2.45) is 5.92 Å². The molecule has 0 bridgehead atoms. The van der Waals surface area contributed by atoms with Gasteiger partial charge in [0.1, 0.15) is 25.9 Å². The molecular formula is C30H50N2O9. The lowest BCUT2D eigenvalue weighted by molar-refractivity contribution is -0.760. The summed E-state index contributed by atoms with van der Waals surface area (Å²) in [7, 11) is 0. The Morgan fingerprint density at radius 1 is 0.927 bits per heavy atom. The number of rotatable bonds is 20. The molecule has 0 N–H and O–H groups in total. The number of ether oxygens (including phenoxy) is 2. The Morgan fingerprint density at radius 2 is 1.63 bits per heavy atom. The summed E-state index contributed by atoms with van der Waals surface area (Å²) in [5.74, 6) is 1.07. The fourth-order valence-electron chi connectivity index (χ4n) is 4.31. The minimum Gasteiger partial charge on any atom is -0.465 e. The number of hydrogen-bond acceptors (Lipinski definition) is 9. The Morgan fingerprint density at radius 3 is 2.24 bits per heavy atom. The molecule has 1 aliphatic carbocycles.